The Morgan fingerprint density at radius 2 is 1.75 bits per heavy atom. The topological polar surface area (TPSA) is 84.2 Å². The Bertz CT molecular complexity index is 1040. The maximum absolute atomic E-state index is 12.8. The van der Waals surface area contributed by atoms with Gasteiger partial charge in [0.1, 0.15) is 6.54 Å². The summed E-state index contributed by atoms with van der Waals surface area (Å²) in [5.41, 5.74) is 1.39. The minimum Gasteiger partial charge on any atom is -0.480 e. The summed E-state index contributed by atoms with van der Waals surface area (Å²) in [6, 6.07) is 16.2. The number of benzene rings is 2. The highest BCUT2D eigenvalue weighted by atomic mass is 35.5. The molecule has 3 rings (SSSR count). The molecule has 6 nitrogen and oxygen atoms in total. The molecule has 1 aromatic heterocycles. The number of nitrogens with one attached hydrogen (secondary N) is 1. The van der Waals surface area contributed by atoms with Crippen molar-refractivity contribution in [1.82, 2.24) is 9.55 Å². The predicted molar refractivity (Wildman–Crippen MR) is 110 cm³/mol. The maximum atomic E-state index is 12.8. The number of hydrogen-bond donors (Lipinski definition) is 2. The van der Waals surface area contributed by atoms with Gasteiger partial charge < -0.3 is 10.4 Å². The van der Waals surface area contributed by atoms with Crippen LogP contribution in [0.2, 0.25) is 10.2 Å². The van der Waals surface area contributed by atoms with Crippen molar-refractivity contribution in [2.45, 2.75) is 13.0 Å². The second-order valence-corrected chi connectivity index (χ2v) is 6.85. The average Bonchev–Trinajstić information content (AvgIpc) is 2.67. The van der Waals surface area contributed by atoms with Crippen LogP contribution in [0.3, 0.4) is 0 Å². The van der Waals surface area contributed by atoms with Crippen molar-refractivity contribution in [3.05, 3.63) is 80.7 Å². The summed E-state index contributed by atoms with van der Waals surface area (Å²) in [6.45, 7) is -0.0882. The lowest BCUT2D eigenvalue weighted by molar-refractivity contribution is -0.137. The molecule has 0 fully saturated rings. The van der Waals surface area contributed by atoms with Crippen LogP contribution in [0.4, 0.5) is 5.82 Å². The molecule has 3 aromatic rings. The molecule has 0 saturated heterocycles. The van der Waals surface area contributed by atoms with Gasteiger partial charge in [-0.1, -0.05) is 65.7 Å². The van der Waals surface area contributed by atoms with Crippen LogP contribution in [0.5, 0.6) is 0 Å². The molecule has 0 spiro atoms. The quantitative estimate of drug-likeness (QED) is 0.607. The maximum Gasteiger partial charge on any atom is 0.323 e. The highest BCUT2D eigenvalue weighted by molar-refractivity contribution is 6.32. The van der Waals surface area contributed by atoms with Crippen molar-refractivity contribution in [2.24, 2.45) is 0 Å². The Morgan fingerprint density at radius 1 is 1.07 bits per heavy atom. The number of carboxylic acid groups (broad SMARTS) is 1. The van der Waals surface area contributed by atoms with Crippen LogP contribution in [0.15, 0.2) is 59.4 Å². The first kappa shape index (κ1) is 19.9. The monoisotopic (exact) mass is 417 g/mol. The molecule has 0 saturated carbocycles. The zero-order chi connectivity index (χ0) is 20.1. The third-order valence-corrected chi connectivity index (χ3v) is 4.60. The van der Waals surface area contributed by atoms with Crippen molar-refractivity contribution < 1.29 is 9.90 Å². The first-order valence-electron chi connectivity index (χ1n) is 8.51. The Morgan fingerprint density at radius 3 is 2.39 bits per heavy atom. The summed E-state index contributed by atoms with van der Waals surface area (Å²) in [7, 11) is 0. The number of hydrogen-bond acceptors (Lipinski definition) is 4. The van der Waals surface area contributed by atoms with Gasteiger partial charge in [0, 0.05) is 17.1 Å². The fourth-order valence-electron chi connectivity index (χ4n) is 2.79. The Kier molecular flexibility index (Phi) is 6.34. The van der Waals surface area contributed by atoms with Crippen LogP contribution in [-0.2, 0) is 17.8 Å². The zero-order valence-electron chi connectivity index (χ0n) is 14.7. The van der Waals surface area contributed by atoms with Crippen LogP contribution in [-0.4, -0.2) is 27.2 Å². The van der Waals surface area contributed by atoms with Crippen molar-refractivity contribution in [3.8, 4) is 11.3 Å². The lowest BCUT2D eigenvalue weighted by Gasteiger charge is -2.15. The van der Waals surface area contributed by atoms with Gasteiger partial charge in [-0.3, -0.25) is 14.2 Å². The van der Waals surface area contributed by atoms with Gasteiger partial charge in [-0.15, -0.1) is 0 Å². The van der Waals surface area contributed by atoms with Gasteiger partial charge in [-0.2, -0.15) is 0 Å². The fourth-order valence-corrected chi connectivity index (χ4v) is 3.21. The lowest BCUT2D eigenvalue weighted by atomic mass is 10.1. The molecule has 0 bridgehead atoms. The number of anilines is 1. The smallest absolute Gasteiger partial charge is 0.323 e. The Labute approximate surface area is 171 Å². The predicted octanol–water partition coefficient (Wildman–Crippen LogP) is 3.96. The van der Waals surface area contributed by atoms with Crippen molar-refractivity contribution >= 4 is 35.0 Å². The summed E-state index contributed by atoms with van der Waals surface area (Å²) < 4.78 is 1.12. The molecule has 0 radical (unpaired) electrons. The SMILES string of the molecule is O=C(O)Cn1c(-c2ccccc2)c(Cl)nc(NCCc2ccc(Cl)cc2)c1=O. The summed E-state index contributed by atoms with van der Waals surface area (Å²) in [4.78, 5) is 28.3. The van der Waals surface area contributed by atoms with Crippen molar-refractivity contribution in [2.75, 3.05) is 11.9 Å². The standard InChI is InChI=1S/C20H17Cl2N3O3/c21-15-8-6-13(7-9-15)10-11-23-19-20(28)25(12-16(26)27)17(18(22)24-19)14-4-2-1-3-5-14/h1-9H,10-12H2,(H,23,24)(H,26,27). The molecule has 0 amide bonds. The number of carbonyl (C=O) groups is 1. The van der Waals surface area contributed by atoms with E-state index in [4.69, 9.17) is 23.2 Å². The van der Waals surface area contributed by atoms with E-state index in [-0.39, 0.29) is 16.7 Å². The largest absolute Gasteiger partial charge is 0.480 e. The first-order valence-corrected chi connectivity index (χ1v) is 9.27. The number of nitrogens with zero attached hydrogens (tertiary/aromatic N) is 2. The molecule has 0 aliphatic carbocycles. The molecule has 1 heterocycles. The normalized spacial score (nSPS) is 10.6. The van der Waals surface area contributed by atoms with Gasteiger partial charge in [-0.05, 0) is 24.1 Å². The number of aliphatic carboxylic acids is 1. The van der Waals surface area contributed by atoms with E-state index in [1.165, 1.54) is 0 Å². The van der Waals surface area contributed by atoms with E-state index in [0.29, 0.717) is 23.6 Å². The molecule has 0 aliphatic rings. The Hall–Kier alpha value is -2.83. The molecule has 28 heavy (non-hydrogen) atoms. The number of rotatable bonds is 7. The number of aromatic nitrogens is 2. The van der Waals surface area contributed by atoms with Crippen LogP contribution in [0.25, 0.3) is 11.3 Å². The van der Waals surface area contributed by atoms with E-state index in [2.05, 4.69) is 10.3 Å². The highest BCUT2D eigenvalue weighted by Gasteiger charge is 2.18. The van der Waals surface area contributed by atoms with Crippen LogP contribution < -0.4 is 10.9 Å². The molecule has 2 N–H and O–H groups in total. The minimum absolute atomic E-state index is 0.0138. The molecule has 2 aromatic carbocycles. The second-order valence-electron chi connectivity index (χ2n) is 6.05. The van der Waals surface area contributed by atoms with Crippen LogP contribution >= 0.6 is 23.2 Å². The molecule has 144 valence electrons. The van der Waals surface area contributed by atoms with E-state index in [0.717, 1.165) is 10.1 Å². The first-order chi connectivity index (χ1) is 13.5. The average molecular weight is 418 g/mol. The van der Waals surface area contributed by atoms with Gasteiger partial charge >= 0.3 is 5.97 Å². The molecular formula is C20H17Cl2N3O3. The minimum atomic E-state index is -1.14. The van der Waals surface area contributed by atoms with Crippen LogP contribution in [0.1, 0.15) is 5.56 Å². The Balaban J connectivity index is 1.90. The molecular weight excluding hydrogens is 401 g/mol. The summed E-state index contributed by atoms with van der Waals surface area (Å²) in [6.07, 6.45) is 0.634. The van der Waals surface area contributed by atoms with Gasteiger partial charge in [-0.25, -0.2) is 4.98 Å². The van der Waals surface area contributed by atoms with Gasteiger partial charge in [0.2, 0.25) is 0 Å². The third-order valence-electron chi connectivity index (χ3n) is 4.08. The van der Waals surface area contributed by atoms with Gasteiger partial charge in [0.05, 0.1) is 5.69 Å². The second kappa shape index (κ2) is 8.91. The lowest BCUT2D eigenvalue weighted by Crippen LogP contribution is -2.30. The highest BCUT2D eigenvalue weighted by Crippen LogP contribution is 2.26. The number of carboxylic acids is 1. The van der Waals surface area contributed by atoms with E-state index >= 15 is 0 Å². The van der Waals surface area contributed by atoms with Crippen LogP contribution in [0, 0.1) is 0 Å². The molecule has 0 unspecified atom stereocenters. The van der Waals surface area contributed by atoms with Crippen molar-refractivity contribution in [1.29, 1.82) is 0 Å². The van der Waals surface area contributed by atoms with Crippen molar-refractivity contribution in [3.63, 3.8) is 0 Å². The van der Waals surface area contributed by atoms with E-state index < -0.39 is 18.1 Å². The fraction of sp³-hybridized carbons (Fsp3) is 0.150. The van der Waals surface area contributed by atoms with Gasteiger partial charge in [0.25, 0.3) is 5.56 Å². The van der Waals surface area contributed by atoms with E-state index in [1.54, 1.807) is 36.4 Å². The van der Waals surface area contributed by atoms with Gasteiger partial charge in [0.15, 0.2) is 11.0 Å². The number of halogens is 2. The molecule has 0 atom stereocenters. The third kappa shape index (κ3) is 4.71. The summed E-state index contributed by atoms with van der Waals surface area (Å²) in [5.74, 6) is -1.13. The van der Waals surface area contributed by atoms with E-state index in [9.17, 15) is 14.7 Å². The molecule has 0 aliphatic heterocycles. The summed E-state index contributed by atoms with van der Waals surface area (Å²) in [5, 5.41) is 12.9. The van der Waals surface area contributed by atoms with E-state index in [1.807, 2.05) is 18.2 Å². The summed E-state index contributed by atoms with van der Waals surface area (Å²) >= 11 is 12.2. The molecule has 8 heteroatoms. The zero-order valence-corrected chi connectivity index (χ0v) is 16.2.